The van der Waals surface area contributed by atoms with Crippen molar-refractivity contribution in [2.24, 2.45) is 5.92 Å². The Morgan fingerprint density at radius 3 is 2.87 bits per heavy atom. The maximum Gasteiger partial charge on any atom is 0.414 e. The van der Waals surface area contributed by atoms with Crippen LogP contribution in [0.15, 0.2) is 24.3 Å². The lowest BCUT2D eigenvalue weighted by Crippen LogP contribution is -2.33. The van der Waals surface area contributed by atoms with Crippen LogP contribution in [-0.2, 0) is 4.74 Å². The van der Waals surface area contributed by atoms with E-state index in [2.05, 4.69) is 12.2 Å². The average Bonchev–Trinajstić information content (AvgIpc) is 3.24. The molecule has 1 aromatic carbocycles. The summed E-state index contributed by atoms with van der Waals surface area (Å²) in [5.41, 5.74) is 1.98. The van der Waals surface area contributed by atoms with E-state index in [0.717, 1.165) is 24.1 Å². The highest BCUT2D eigenvalue weighted by Gasteiger charge is 2.25. The molecule has 3 rings (SSSR count). The number of hydrogen-bond donors (Lipinski definition) is 2. The number of hydrogen-bond acceptors (Lipinski definition) is 4. The van der Waals surface area contributed by atoms with Crippen molar-refractivity contribution in [2.75, 3.05) is 24.6 Å². The average molecular weight is 318 g/mol. The van der Waals surface area contributed by atoms with Crippen LogP contribution >= 0.6 is 0 Å². The van der Waals surface area contributed by atoms with Gasteiger partial charge >= 0.3 is 6.09 Å². The van der Waals surface area contributed by atoms with E-state index in [4.69, 9.17) is 4.74 Å². The third kappa shape index (κ3) is 3.85. The summed E-state index contributed by atoms with van der Waals surface area (Å²) < 4.78 is 4.99. The maximum atomic E-state index is 11.7. The van der Waals surface area contributed by atoms with Crippen molar-refractivity contribution in [3.8, 4) is 0 Å². The van der Waals surface area contributed by atoms with Gasteiger partial charge in [-0.3, -0.25) is 4.90 Å². The van der Waals surface area contributed by atoms with Crippen molar-refractivity contribution in [2.45, 2.75) is 44.8 Å². The standard InChI is InChI=1S/C18H26N2O3/c1-13(19-12-17(21)14-5-2-3-6-14)15-7-4-8-16(11-15)20-9-10-23-18(20)22/h4,7-8,11,13-14,17,19,21H,2-3,5-6,9-10,12H2,1H3. The lowest BCUT2D eigenvalue weighted by atomic mass is 10.00. The monoisotopic (exact) mass is 318 g/mol. The Hall–Kier alpha value is -1.59. The summed E-state index contributed by atoms with van der Waals surface area (Å²) in [7, 11) is 0. The molecule has 5 heteroatoms. The molecule has 0 aromatic heterocycles. The van der Waals surface area contributed by atoms with Gasteiger partial charge in [0.2, 0.25) is 0 Å². The first-order chi connectivity index (χ1) is 11.1. The van der Waals surface area contributed by atoms with Crippen LogP contribution in [0.25, 0.3) is 0 Å². The van der Waals surface area contributed by atoms with Crippen LogP contribution < -0.4 is 10.2 Å². The highest BCUT2D eigenvalue weighted by Crippen LogP contribution is 2.28. The normalized spacial score (nSPS) is 21.5. The summed E-state index contributed by atoms with van der Waals surface area (Å²) in [6.45, 7) is 3.75. The molecule has 2 fully saturated rings. The van der Waals surface area contributed by atoms with Gasteiger partial charge in [-0.1, -0.05) is 25.0 Å². The van der Waals surface area contributed by atoms with Gasteiger partial charge in [0.1, 0.15) is 6.61 Å². The molecule has 0 radical (unpaired) electrons. The van der Waals surface area contributed by atoms with Crippen LogP contribution in [0.5, 0.6) is 0 Å². The molecule has 126 valence electrons. The molecule has 1 aliphatic carbocycles. The minimum absolute atomic E-state index is 0.129. The lowest BCUT2D eigenvalue weighted by molar-refractivity contribution is 0.106. The van der Waals surface area contributed by atoms with E-state index < -0.39 is 0 Å². The summed E-state index contributed by atoms with van der Waals surface area (Å²) in [5, 5.41) is 13.7. The summed E-state index contributed by atoms with van der Waals surface area (Å²) >= 11 is 0. The van der Waals surface area contributed by atoms with Crippen LogP contribution in [0.2, 0.25) is 0 Å². The van der Waals surface area contributed by atoms with E-state index in [1.54, 1.807) is 4.90 Å². The second kappa shape index (κ2) is 7.32. The number of amides is 1. The number of anilines is 1. The van der Waals surface area contributed by atoms with Crippen molar-refractivity contribution in [1.82, 2.24) is 5.32 Å². The molecule has 2 aliphatic rings. The Balaban J connectivity index is 1.58. The number of aliphatic hydroxyl groups excluding tert-OH is 1. The lowest BCUT2D eigenvalue weighted by Gasteiger charge is -2.22. The molecule has 0 spiro atoms. The fourth-order valence-corrected chi connectivity index (χ4v) is 3.51. The SMILES string of the molecule is CC(NCC(O)C1CCCC1)c1cccc(N2CCOC2=O)c1. The van der Waals surface area contributed by atoms with Crippen LogP contribution in [-0.4, -0.2) is 37.0 Å². The van der Waals surface area contributed by atoms with E-state index in [1.807, 2.05) is 24.3 Å². The van der Waals surface area contributed by atoms with Gasteiger partial charge < -0.3 is 15.2 Å². The van der Waals surface area contributed by atoms with Crippen molar-refractivity contribution in [3.63, 3.8) is 0 Å². The molecule has 2 N–H and O–H groups in total. The topological polar surface area (TPSA) is 61.8 Å². The molecule has 1 heterocycles. The van der Waals surface area contributed by atoms with Gasteiger partial charge in [0.15, 0.2) is 0 Å². The van der Waals surface area contributed by atoms with E-state index in [-0.39, 0.29) is 18.2 Å². The van der Waals surface area contributed by atoms with Gasteiger partial charge in [0.05, 0.1) is 12.6 Å². The van der Waals surface area contributed by atoms with E-state index in [1.165, 1.54) is 12.8 Å². The molecule has 0 bridgehead atoms. The van der Waals surface area contributed by atoms with Crippen molar-refractivity contribution in [1.29, 1.82) is 0 Å². The van der Waals surface area contributed by atoms with Crippen LogP contribution in [0.1, 0.15) is 44.2 Å². The molecule has 2 atom stereocenters. The van der Waals surface area contributed by atoms with Crippen LogP contribution in [0, 0.1) is 5.92 Å². The highest BCUT2D eigenvalue weighted by atomic mass is 16.6. The molecule has 5 nitrogen and oxygen atoms in total. The zero-order valence-corrected chi connectivity index (χ0v) is 13.7. The Morgan fingerprint density at radius 1 is 1.39 bits per heavy atom. The van der Waals surface area contributed by atoms with Crippen LogP contribution in [0.3, 0.4) is 0 Å². The number of nitrogens with one attached hydrogen (secondary N) is 1. The highest BCUT2D eigenvalue weighted by molar-refractivity contribution is 5.89. The van der Waals surface area contributed by atoms with Crippen LogP contribution in [0.4, 0.5) is 10.5 Å². The molecule has 1 aromatic rings. The summed E-state index contributed by atoms with van der Waals surface area (Å²) in [6.07, 6.45) is 4.22. The largest absolute Gasteiger partial charge is 0.447 e. The van der Waals surface area contributed by atoms with E-state index >= 15 is 0 Å². The van der Waals surface area contributed by atoms with Crippen molar-refractivity contribution in [3.05, 3.63) is 29.8 Å². The summed E-state index contributed by atoms with van der Waals surface area (Å²) in [5.74, 6) is 0.445. The van der Waals surface area contributed by atoms with Crippen molar-refractivity contribution < 1.29 is 14.6 Å². The second-order valence-electron chi connectivity index (χ2n) is 6.60. The van der Waals surface area contributed by atoms with Gasteiger partial charge in [0.25, 0.3) is 0 Å². The Morgan fingerprint density at radius 2 is 2.17 bits per heavy atom. The zero-order valence-electron chi connectivity index (χ0n) is 13.7. The van der Waals surface area contributed by atoms with Gasteiger partial charge in [0, 0.05) is 18.3 Å². The number of cyclic esters (lactones) is 1. The number of carbonyl (C=O) groups is 1. The number of nitrogens with zero attached hydrogens (tertiary/aromatic N) is 1. The predicted octanol–water partition coefficient (Wildman–Crippen LogP) is 2.84. The molecular formula is C18H26N2O3. The van der Waals surface area contributed by atoms with Gasteiger partial charge in [-0.05, 0) is 43.4 Å². The Kier molecular flexibility index (Phi) is 5.18. The number of aliphatic hydroxyl groups is 1. The first-order valence-corrected chi connectivity index (χ1v) is 8.61. The maximum absolute atomic E-state index is 11.7. The predicted molar refractivity (Wildman–Crippen MR) is 89.5 cm³/mol. The summed E-state index contributed by atoms with van der Waals surface area (Å²) in [6, 6.07) is 8.08. The number of benzene rings is 1. The molecule has 1 saturated heterocycles. The molecule has 1 saturated carbocycles. The van der Waals surface area contributed by atoms with Gasteiger partial charge in [-0.25, -0.2) is 4.79 Å². The fourth-order valence-electron chi connectivity index (χ4n) is 3.51. The molecule has 2 unspecified atom stereocenters. The minimum atomic E-state index is -0.278. The molecule has 1 aliphatic heterocycles. The number of rotatable bonds is 6. The first kappa shape index (κ1) is 16.3. The number of carbonyl (C=O) groups excluding carboxylic acids is 1. The molecule has 23 heavy (non-hydrogen) atoms. The Labute approximate surface area is 137 Å². The molecular weight excluding hydrogens is 292 g/mol. The Bertz CT molecular complexity index is 543. The number of ether oxygens (including phenoxy) is 1. The quantitative estimate of drug-likeness (QED) is 0.847. The summed E-state index contributed by atoms with van der Waals surface area (Å²) in [4.78, 5) is 13.3. The third-order valence-corrected chi connectivity index (χ3v) is 5.02. The zero-order chi connectivity index (χ0) is 16.2. The molecule has 1 amide bonds. The van der Waals surface area contributed by atoms with E-state index in [9.17, 15) is 9.90 Å². The third-order valence-electron chi connectivity index (χ3n) is 5.02. The fraction of sp³-hybridized carbons (Fsp3) is 0.611. The van der Waals surface area contributed by atoms with Crippen molar-refractivity contribution >= 4 is 11.8 Å². The first-order valence-electron chi connectivity index (χ1n) is 8.61. The van der Waals surface area contributed by atoms with Gasteiger partial charge in [-0.2, -0.15) is 0 Å². The second-order valence-corrected chi connectivity index (χ2v) is 6.60. The van der Waals surface area contributed by atoms with E-state index in [0.29, 0.717) is 25.6 Å². The smallest absolute Gasteiger partial charge is 0.414 e. The minimum Gasteiger partial charge on any atom is -0.447 e. The van der Waals surface area contributed by atoms with Gasteiger partial charge in [-0.15, -0.1) is 0 Å².